The Morgan fingerprint density at radius 3 is 2.12 bits per heavy atom. The van der Waals surface area contributed by atoms with Crippen molar-refractivity contribution >= 4 is 17.8 Å². The van der Waals surface area contributed by atoms with E-state index in [1.54, 1.807) is 19.2 Å². The molecule has 42 heavy (non-hydrogen) atoms. The number of hydrogen-bond acceptors (Lipinski definition) is 4. The van der Waals surface area contributed by atoms with Crippen molar-refractivity contribution in [2.45, 2.75) is 40.0 Å². The number of halogens is 3. The molecule has 0 aliphatic carbocycles. The fourth-order valence-corrected chi connectivity index (χ4v) is 4.50. The zero-order valence-electron chi connectivity index (χ0n) is 24.2. The fraction of sp³-hybridized carbons (Fsp3) is 0.323. The van der Waals surface area contributed by atoms with E-state index in [9.17, 15) is 27.6 Å². The molecule has 2 fully saturated rings. The largest absolute Gasteiger partial charge is 0.334 e. The molecule has 0 radical (unpaired) electrons. The minimum absolute atomic E-state index is 0.0459. The highest BCUT2D eigenvalue weighted by Gasteiger charge is 2.45. The molecule has 224 valence electrons. The Hall–Kier alpha value is -4.38. The lowest BCUT2D eigenvalue weighted by Gasteiger charge is -2.51. The minimum atomic E-state index is -0.800. The lowest BCUT2D eigenvalue weighted by Crippen LogP contribution is -2.73. The number of nitrogens with zero attached hydrogens (tertiary/aromatic N) is 4. The SMILES string of the molecule is CC.CN1CC(=O)N2CC(=O)N(Cc3ccc(F)cc3F)CC2N1C(=O)NCc1ccc(F)cc1.Cc1ccccc1. The molecule has 1 unspecified atom stereocenters. The van der Waals surface area contributed by atoms with Crippen molar-refractivity contribution in [2.24, 2.45) is 0 Å². The summed E-state index contributed by atoms with van der Waals surface area (Å²) in [6.07, 6.45) is -0.800. The van der Waals surface area contributed by atoms with Crippen LogP contribution >= 0.6 is 0 Å². The first-order valence-corrected chi connectivity index (χ1v) is 13.7. The number of carbonyl (C=O) groups excluding carboxylic acids is 3. The maximum Gasteiger partial charge on any atom is 0.334 e. The Labute approximate surface area is 244 Å². The monoisotopic (exact) mass is 583 g/mol. The van der Waals surface area contributed by atoms with Crippen LogP contribution in [0.15, 0.2) is 72.8 Å². The van der Waals surface area contributed by atoms with E-state index in [2.05, 4.69) is 24.4 Å². The lowest BCUT2D eigenvalue weighted by atomic mass is 10.1. The number of rotatable bonds is 4. The molecule has 0 spiro atoms. The van der Waals surface area contributed by atoms with Crippen molar-refractivity contribution in [3.63, 3.8) is 0 Å². The molecule has 4 amide bonds. The summed E-state index contributed by atoms with van der Waals surface area (Å²) < 4.78 is 40.5. The van der Waals surface area contributed by atoms with Gasteiger partial charge in [0.05, 0.1) is 13.1 Å². The van der Waals surface area contributed by atoms with Gasteiger partial charge in [-0.2, -0.15) is 0 Å². The summed E-state index contributed by atoms with van der Waals surface area (Å²) in [5.74, 6) is -2.61. The molecule has 11 heteroatoms. The van der Waals surface area contributed by atoms with Gasteiger partial charge in [0.25, 0.3) is 0 Å². The number of fused-ring (bicyclic) bond motifs is 1. The second kappa shape index (κ2) is 15.0. The third-order valence-electron chi connectivity index (χ3n) is 6.62. The van der Waals surface area contributed by atoms with Crippen LogP contribution in [0.2, 0.25) is 0 Å². The Morgan fingerprint density at radius 1 is 0.881 bits per heavy atom. The van der Waals surface area contributed by atoms with Crippen LogP contribution in [0.1, 0.15) is 30.5 Å². The van der Waals surface area contributed by atoms with Crippen molar-refractivity contribution in [1.29, 1.82) is 0 Å². The van der Waals surface area contributed by atoms with Gasteiger partial charge < -0.3 is 15.1 Å². The standard InChI is InChI=1S/C22H22F3N5O3.C7H8.C2H6/c1-27-12-21(32)29-13-20(31)28(10-15-4-7-17(24)8-18(15)25)11-19(29)30(27)22(33)26-9-14-2-5-16(23)6-3-14;1-7-5-3-2-4-6-7;1-2/h2-8,19H,9-13H2,1H3,(H,26,33);2-6H,1H3;1-2H3. The first-order valence-electron chi connectivity index (χ1n) is 13.7. The molecule has 2 aliphatic rings. The van der Waals surface area contributed by atoms with Gasteiger partial charge in [0.15, 0.2) is 0 Å². The van der Waals surface area contributed by atoms with Crippen LogP contribution in [-0.2, 0) is 22.7 Å². The van der Waals surface area contributed by atoms with E-state index in [0.717, 1.165) is 12.1 Å². The topological polar surface area (TPSA) is 76.2 Å². The summed E-state index contributed by atoms with van der Waals surface area (Å²) in [6.45, 7) is 5.68. The first-order chi connectivity index (χ1) is 20.1. The van der Waals surface area contributed by atoms with Gasteiger partial charge in [0.1, 0.15) is 30.2 Å². The van der Waals surface area contributed by atoms with Gasteiger partial charge in [-0.3, -0.25) is 9.59 Å². The van der Waals surface area contributed by atoms with E-state index in [1.807, 2.05) is 32.0 Å². The van der Waals surface area contributed by atoms with Gasteiger partial charge in [-0.05, 0) is 30.7 Å². The third kappa shape index (κ3) is 8.32. The molecule has 3 aromatic carbocycles. The lowest BCUT2D eigenvalue weighted by molar-refractivity contribution is -0.178. The van der Waals surface area contributed by atoms with Gasteiger partial charge in [-0.25, -0.2) is 28.0 Å². The zero-order valence-corrected chi connectivity index (χ0v) is 24.2. The molecule has 2 heterocycles. The van der Waals surface area contributed by atoms with E-state index in [1.165, 1.54) is 43.6 Å². The number of hydrazine groups is 1. The summed E-state index contributed by atoms with van der Waals surface area (Å²) in [4.78, 5) is 40.8. The quantitative estimate of drug-likeness (QED) is 0.484. The van der Waals surface area contributed by atoms with E-state index in [0.29, 0.717) is 5.56 Å². The van der Waals surface area contributed by atoms with Gasteiger partial charge in [0, 0.05) is 31.8 Å². The number of likely N-dealkylation sites (N-methyl/N-ethyl adjacent to an activating group) is 1. The minimum Gasteiger partial charge on any atom is -0.333 e. The average molecular weight is 584 g/mol. The molecule has 0 aromatic heterocycles. The number of hydrogen-bond donors (Lipinski definition) is 1. The number of piperazine rings is 1. The predicted molar refractivity (Wildman–Crippen MR) is 153 cm³/mol. The molecular weight excluding hydrogens is 547 g/mol. The van der Waals surface area contributed by atoms with Crippen molar-refractivity contribution < 1.29 is 27.6 Å². The number of urea groups is 1. The van der Waals surface area contributed by atoms with E-state index >= 15 is 0 Å². The zero-order chi connectivity index (χ0) is 30.8. The van der Waals surface area contributed by atoms with Crippen molar-refractivity contribution in [3.05, 3.63) is 107 Å². The molecule has 3 aromatic rings. The van der Waals surface area contributed by atoms with Crippen LogP contribution < -0.4 is 5.32 Å². The Balaban J connectivity index is 0.000000465. The maximum atomic E-state index is 14.1. The predicted octanol–water partition coefficient (Wildman–Crippen LogP) is 4.69. The first kappa shape index (κ1) is 32.1. The van der Waals surface area contributed by atoms with Crippen LogP contribution in [0, 0.1) is 24.4 Å². The summed E-state index contributed by atoms with van der Waals surface area (Å²) in [6, 6.07) is 18.5. The van der Waals surface area contributed by atoms with Crippen LogP contribution in [0.25, 0.3) is 0 Å². The van der Waals surface area contributed by atoms with E-state index in [4.69, 9.17) is 0 Å². The summed E-state index contributed by atoms with van der Waals surface area (Å²) in [7, 11) is 1.58. The van der Waals surface area contributed by atoms with Gasteiger partial charge in [-0.1, -0.05) is 67.9 Å². The van der Waals surface area contributed by atoms with E-state index in [-0.39, 0.29) is 50.0 Å². The third-order valence-corrected chi connectivity index (χ3v) is 6.62. The molecule has 2 aliphatic heterocycles. The highest BCUT2D eigenvalue weighted by molar-refractivity contribution is 5.89. The fourth-order valence-electron chi connectivity index (χ4n) is 4.50. The molecule has 5 rings (SSSR count). The highest BCUT2D eigenvalue weighted by Crippen LogP contribution is 2.23. The molecule has 1 atom stereocenters. The van der Waals surface area contributed by atoms with Gasteiger partial charge >= 0.3 is 6.03 Å². The number of carbonyl (C=O) groups is 3. The summed E-state index contributed by atoms with van der Waals surface area (Å²) >= 11 is 0. The maximum absolute atomic E-state index is 14.1. The molecule has 0 saturated carbocycles. The second-order valence-corrected chi connectivity index (χ2v) is 9.61. The molecule has 1 N–H and O–H groups in total. The average Bonchev–Trinajstić information content (AvgIpc) is 2.97. The van der Waals surface area contributed by atoms with Gasteiger partial charge in [0.2, 0.25) is 11.8 Å². The molecule has 8 nitrogen and oxygen atoms in total. The Kier molecular flexibility index (Phi) is 11.5. The van der Waals surface area contributed by atoms with Crippen LogP contribution in [0.4, 0.5) is 18.0 Å². The molecular formula is C31H36F3N5O3. The molecule has 0 bridgehead atoms. The number of amides is 4. The van der Waals surface area contributed by atoms with Gasteiger partial charge in [-0.15, -0.1) is 0 Å². The van der Waals surface area contributed by atoms with E-state index < -0.39 is 29.7 Å². The Bertz CT molecular complexity index is 1360. The Morgan fingerprint density at radius 2 is 1.52 bits per heavy atom. The highest BCUT2D eigenvalue weighted by atomic mass is 19.1. The molecule has 2 saturated heterocycles. The van der Waals surface area contributed by atoms with Crippen LogP contribution in [-0.4, -0.2) is 70.5 Å². The van der Waals surface area contributed by atoms with Crippen molar-refractivity contribution in [3.8, 4) is 0 Å². The van der Waals surface area contributed by atoms with Crippen LogP contribution in [0.3, 0.4) is 0 Å². The number of aryl methyl sites for hydroxylation is 1. The normalized spacial score (nSPS) is 16.5. The summed E-state index contributed by atoms with van der Waals surface area (Å²) in [5.41, 5.74) is 2.13. The number of benzene rings is 3. The smallest absolute Gasteiger partial charge is 0.333 e. The van der Waals surface area contributed by atoms with Crippen LogP contribution in [0.5, 0.6) is 0 Å². The van der Waals surface area contributed by atoms with Crippen molar-refractivity contribution in [1.82, 2.24) is 25.1 Å². The summed E-state index contributed by atoms with van der Waals surface area (Å²) in [5, 5.41) is 5.53. The van der Waals surface area contributed by atoms with Crippen molar-refractivity contribution in [2.75, 3.05) is 26.7 Å². The number of nitrogens with one attached hydrogen (secondary N) is 1. The second-order valence-electron chi connectivity index (χ2n) is 9.61.